The molecule has 0 saturated heterocycles. The highest BCUT2D eigenvalue weighted by atomic mass is 19.4. The summed E-state index contributed by atoms with van der Waals surface area (Å²) in [5.74, 6) is -3.68. The molecule has 0 aromatic heterocycles. The summed E-state index contributed by atoms with van der Waals surface area (Å²) in [5, 5.41) is 19.3. The molecule has 0 spiro atoms. The number of rotatable bonds is 6. The molecule has 1 aliphatic rings. The molecule has 1 atom stereocenters. The van der Waals surface area contributed by atoms with Crippen molar-refractivity contribution in [2.75, 3.05) is 11.5 Å². The number of anilines is 1. The van der Waals surface area contributed by atoms with Crippen LogP contribution in [0, 0.1) is 11.3 Å². The molecular formula is C25H22F3N3O4. The van der Waals surface area contributed by atoms with Crippen LogP contribution in [0.4, 0.5) is 18.9 Å². The monoisotopic (exact) mass is 485 g/mol. The van der Waals surface area contributed by atoms with Crippen LogP contribution in [-0.2, 0) is 20.5 Å². The van der Waals surface area contributed by atoms with E-state index in [0.29, 0.717) is 11.1 Å². The number of nitrogens with zero attached hydrogens (tertiary/aromatic N) is 2. The summed E-state index contributed by atoms with van der Waals surface area (Å²) in [6.07, 6.45) is -4.56. The molecular weight excluding hydrogens is 463 g/mol. The van der Waals surface area contributed by atoms with E-state index in [9.17, 15) is 27.9 Å². The number of carbonyl (C=O) groups is 2. The minimum Gasteiger partial charge on any atom is -0.478 e. The number of benzene rings is 2. The van der Waals surface area contributed by atoms with Crippen molar-refractivity contribution in [3.63, 3.8) is 0 Å². The number of hydrogen-bond acceptors (Lipinski definition) is 6. The zero-order valence-corrected chi connectivity index (χ0v) is 18.9. The molecule has 35 heavy (non-hydrogen) atoms. The van der Waals surface area contributed by atoms with Gasteiger partial charge in [-0.05, 0) is 49.2 Å². The normalized spacial score (nSPS) is 16.2. The number of aliphatic carboxylic acids is 1. The Kier molecular flexibility index (Phi) is 7.20. The van der Waals surface area contributed by atoms with Crippen molar-refractivity contribution in [1.29, 1.82) is 5.26 Å². The van der Waals surface area contributed by atoms with E-state index in [0.717, 1.165) is 17.0 Å². The van der Waals surface area contributed by atoms with Gasteiger partial charge in [0.2, 0.25) is 0 Å². The van der Waals surface area contributed by atoms with Gasteiger partial charge in [0.1, 0.15) is 5.82 Å². The van der Waals surface area contributed by atoms with Gasteiger partial charge >= 0.3 is 18.1 Å². The molecule has 0 radical (unpaired) electrons. The first-order valence-electron chi connectivity index (χ1n) is 10.7. The maximum absolute atomic E-state index is 13.4. The molecule has 2 aromatic rings. The van der Waals surface area contributed by atoms with Crippen LogP contribution < -0.4 is 10.6 Å². The highest BCUT2D eigenvalue weighted by molar-refractivity contribution is 6.01. The molecule has 7 nitrogen and oxygen atoms in total. The summed E-state index contributed by atoms with van der Waals surface area (Å²) < 4.78 is 45.4. The number of hydrogen-bond donors (Lipinski definition) is 2. The Bertz CT molecular complexity index is 1260. The summed E-state index contributed by atoms with van der Waals surface area (Å²) in [6.45, 7) is 3.16. The fraction of sp³-hybridized carbons (Fsp3) is 0.240. The Morgan fingerprint density at radius 1 is 1.14 bits per heavy atom. The molecule has 1 heterocycles. The van der Waals surface area contributed by atoms with Gasteiger partial charge in [0.25, 0.3) is 0 Å². The Morgan fingerprint density at radius 2 is 1.80 bits per heavy atom. The highest BCUT2D eigenvalue weighted by Gasteiger charge is 2.42. The largest absolute Gasteiger partial charge is 0.478 e. The third-order valence-corrected chi connectivity index (χ3v) is 5.54. The minimum atomic E-state index is -4.65. The van der Waals surface area contributed by atoms with Crippen LogP contribution in [-0.4, -0.2) is 23.7 Å². The van der Waals surface area contributed by atoms with E-state index in [1.165, 1.54) is 36.4 Å². The van der Waals surface area contributed by atoms with Gasteiger partial charge in [-0.1, -0.05) is 25.1 Å². The zero-order chi connectivity index (χ0) is 25.9. The molecule has 3 rings (SSSR count). The van der Waals surface area contributed by atoms with Crippen molar-refractivity contribution in [2.45, 2.75) is 32.4 Å². The predicted octanol–water partition coefficient (Wildman–Crippen LogP) is 4.66. The van der Waals surface area contributed by atoms with Crippen LogP contribution in [0.1, 0.15) is 42.9 Å². The molecule has 182 valence electrons. The van der Waals surface area contributed by atoms with Gasteiger partial charge in [0.15, 0.2) is 0 Å². The highest BCUT2D eigenvalue weighted by Crippen LogP contribution is 2.44. The molecule has 2 aromatic carbocycles. The number of carbonyl (C=O) groups excluding carboxylic acids is 1. The second kappa shape index (κ2) is 9.93. The third-order valence-electron chi connectivity index (χ3n) is 5.54. The van der Waals surface area contributed by atoms with Gasteiger partial charge in [0, 0.05) is 11.4 Å². The van der Waals surface area contributed by atoms with Crippen molar-refractivity contribution in [3.8, 4) is 6.07 Å². The number of nitriles is 1. The van der Waals surface area contributed by atoms with Gasteiger partial charge in [-0.3, -0.25) is 4.90 Å². The Morgan fingerprint density at radius 3 is 2.31 bits per heavy atom. The second-order valence-corrected chi connectivity index (χ2v) is 7.59. The quantitative estimate of drug-likeness (QED) is 0.572. The molecule has 0 fully saturated rings. The SMILES string of the molecule is CCOC(=O)C1=C(N)N(c2cccc(C(F)(F)F)c2)C(CC)=C(C(=O)O)C1c1ccc(C#N)cc1. The summed E-state index contributed by atoms with van der Waals surface area (Å²) in [4.78, 5) is 26.7. The standard InChI is InChI=1S/C25H22F3N3O4/c1-3-18-20(23(32)33)19(15-10-8-14(13-29)9-11-15)21(24(34)35-4-2)22(30)31(18)17-7-5-6-16(12-17)25(26,27)28/h5-12,19H,3-4,30H2,1-2H3,(H,32,33). The summed E-state index contributed by atoms with van der Waals surface area (Å²) in [6, 6.07) is 12.2. The smallest absolute Gasteiger partial charge is 0.416 e. The maximum Gasteiger partial charge on any atom is 0.416 e. The van der Waals surface area contributed by atoms with Gasteiger partial charge in [-0.25, -0.2) is 9.59 Å². The molecule has 0 saturated carbocycles. The lowest BCUT2D eigenvalue weighted by atomic mass is 9.79. The van der Waals surface area contributed by atoms with Crippen molar-refractivity contribution in [2.24, 2.45) is 5.73 Å². The number of esters is 1. The number of carboxylic acids is 1. The molecule has 0 amide bonds. The van der Waals surface area contributed by atoms with E-state index in [2.05, 4.69) is 0 Å². The number of nitrogens with two attached hydrogens (primary N) is 1. The van der Waals surface area contributed by atoms with Crippen LogP contribution in [0.25, 0.3) is 0 Å². The van der Waals surface area contributed by atoms with E-state index in [-0.39, 0.29) is 41.4 Å². The summed E-state index contributed by atoms with van der Waals surface area (Å²) in [5.41, 5.74) is 5.75. The lowest BCUT2D eigenvalue weighted by Crippen LogP contribution is -2.39. The van der Waals surface area contributed by atoms with Crippen molar-refractivity contribution >= 4 is 17.6 Å². The summed E-state index contributed by atoms with van der Waals surface area (Å²) in [7, 11) is 0. The van der Waals surface area contributed by atoms with Crippen molar-refractivity contribution in [3.05, 3.63) is 87.9 Å². The van der Waals surface area contributed by atoms with Crippen molar-refractivity contribution in [1.82, 2.24) is 0 Å². The zero-order valence-electron chi connectivity index (χ0n) is 18.9. The summed E-state index contributed by atoms with van der Waals surface area (Å²) >= 11 is 0. The topological polar surface area (TPSA) is 117 Å². The lowest BCUT2D eigenvalue weighted by molar-refractivity contribution is -0.139. The fourth-order valence-electron chi connectivity index (χ4n) is 4.07. The van der Waals surface area contributed by atoms with Gasteiger partial charge in [-0.2, -0.15) is 18.4 Å². The van der Waals surface area contributed by atoms with Crippen LogP contribution in [0.2, 0.25) is 0 Å². The molecule has 1 unspecified atom stereocenters. The predicted molar refractivity (Wildman–Crippen MR) is 121 cm³/mol. The second-order valence-electron chi connectivity index (χ2n) is 7.59. The molecule has 3 N–H and O–H groups in total. The van der Waals surface area contributed by atoms with E-state index in [1.807, 2.05) is 6.07 Å². The lowest BCUT2D eigenvalue weighted by Gasteiger charge is -2.38. The average molecular weight is 485 g/mol. The number of allylic oxidation sites excluding steroid dienone is 1. The van der Waals surface area contributed by atoms with E-state index in [4.69, 9.17) is 15.7 Å². The van der Waals surface area contributed by atoms with Crippen LogP contribution in [0.15, 0.2) is 71.2 Å². The number of ether oxygens (including phenoxy) is 1. The van der Waals surface area contributed by atoms with Gasteiger partial charge < -0.3 is 15.6 Å². The van der Waals surface area contributed by atoms with Crippen LogP contribution in [0.3, 0.4) is 0 Å². The number of halogens is 3. The van der Waals surface area contributed by atoms with E-state index < -0.39 is 29.6 Å². The number of alkyl halides is 3. The Labute approximate surface area is 199 Å². The van der Waals surface area contributed by atoms with E-state index in [1.54, 1.807) is 13.8 Å². The third kappa shape index (κ3) is 4.84. The average Bonchev–Trinajstić information content (AvgIpc) is 2.82. The molecule has 1 aliphatic heterocycles. The Balaban J connectivity index is 2.35. The number of carboxylic acid groups (broad SMARTS) is 1. The molecule has 10 heteroatoms. The van der Waals surface area contributed by atoms with Crippen LogP contribution >= 0.6 is 0 Å². The van der Waals surface area contributed by atoms with E-state index >= 15 is 0 Å². The van der Waals surface area contributed by atoms with Gasteiger partial charge in [-0.15, -0.1) is 0 Å². The first-order chi connectivity index (χ1) is 16.5. The molecule has 0 bridgehead atoms. The Hall–Kier alpha value is -4.26. The first-order valence-corrected chi connectivity index (χ1v) is 10.7. The maximum atomic E-state index is 13.4. The van der Waals surface area contributed by atoms with Gasteiger partial charge in [0.05, 0.1) is 40.9 Å². The molecule has 0 aliphatic carbocycles. The first kappa shape index (κ1) is 25.4. The minimum absolute atomic E-state index is 0.0357. The van der Waals surface area contributed by atoms with Crippen molar-refractivity contribution < 1.29 is 32.6 Å². The fourth-order valence-corrected chi connectivity index (χ4v) is 4.07. The van der Waals surface area contributed by atoms with Crippen LogP contribution in [0.5, 0.6) is 0 Å².